The van der Waals surface area contributed by atoms with Crippen LogP contribution in [-0.4, -0.2) is 42.7 Å². The lowest BCUT2D eigenvalue weighted by atomic mass is 9.99. The van der Waals surface area contributed by atoms with E-state index in [1.54, 1.807) is 19.5 Å². The predicted octanol–water partition coefficient (Wildman–Crippen LogP) is 4.37. The maximum absolute atomic E-state index is 12.1. The van der Waals surface area contributed by atoms with Crippen LogP contribution in [0.25, 0.3) is 11.1 Å². The van der Waals surface area contributed by atoms with Gasteiger partial charge in [0.15, 0.2) is 0 Å². The lowest BCUT2D eigenvalue weighted by Crippen LogP contribution is -2.30. The molecule has 172 valence electrons. The van der Waals surface area contributed by atoms with Gasteiger partial charge < -0.3 is 20.1 Å². The first kappa shape index (κ1) is 22.7. The van der Waals surface area contributed by atoms with Crippen molar-refractivity contribution in [3.63, 3.8) is 0 Å². The number of hydrogen-bond acceptors (Lipinski definition) is 7. The van der Waals surface area contributed by atoms with Crippen molar-refractivity contribution in [3.8, 4) is 16.9 Å². The Morgan fingerprint density at radius 1 is 1.00 bits per heavy atom. The van der Waals surface area contributed by atoms with Crippen molar-refractivity contribution in [2.45, 2.75) is 25.7 Å². The third-order valence-electron chi connectivity index (χ3n) is 5.84. The standard InChI is InChI=1S/C26H30N4O3/c1-32-24-9-5-21(6-10-24)22-16-28-26(29-17-22)30-23-7-2-19(3-8-23)4-11-25(31)33-18-20-12-14-27-15-13-20/h2-3,5-10,16-17,20,27H,4,11-15,18H2,1H3,(H,28,29,30). The number of piperidine rings is 1. The Labute approximate surface area is 194 Å². The summed E-state index contributed by atoms with van der Waals surface area (Å²) in [5, 5.41) is 6.53. The van der Waals surface area contributed by atoms with Crippen molar-refractivity contribution < 1.29 is 14.3 Å². The van der Waals surface area contributed by atoms with Gasteiger partial charge in [0.1, 0.15) is 5.75 Å². The summed E-state index contributed by atoms with van der Waals surface area (Å²) in [6.45, 7) is 2.57. The number of nitrogens with one attached hydrogen (secondary N) is 2. The third kappa shape index (κ3) is 6.76. The van der Waals surface area contributed by atoms with E-state index in [2.05, 4.69) is 20.6 Å². The van der Waals surface area contributed by atoms with Gasteiger partial charge in [-0.3, -0.25) is 4.79 Å². The Balaban J connectivity index is 1.23. The maximum Gasteiger partial charge on any atom is 0.306 e. The van der Waals surface area contributed by atoms with Crippen LogP contribution in [-0.2, 0) is 16.0 Å². The molecule has 1 fully saturated rings. The summed E-state index contributed by atoms with van der Waals surface area (Å²) >= 11 is 0. The second-order valence-corrected chi connectivity index (χ2v) is 8.22. The normalized spacial score (nSPS) is 14.0. The minimum Gasteiger partial charge on any atom is -0.497 e. The van der Waals surface area contributed by atoms with Gasteiger partial charge in [-0.1, -0.05) is 24.3 Å². The average molecular weight is 447 g/mol. The quantitative estimate of drug-likeness (QED) is 0.472. The van der Waals surface area contributed by atoms with Crippen LogP contribution in [0.15, 0.2) is 60.9 Å². The molecular weight excluding hydrogens is 416 g/mol. The number of carbonyl (C=O) groups excluding carboxylic acids is 1. The Hall–Kier alpha value is -3.45. The van der Waals surface area contributed by atoms with E-state index < -0.39 is 0 Å². The molecule has 1 aromatic heterocycles. The summed E-state index contributed by atoms with van der Waals surface area (Å²) in [4.78, 5) is 20.9. The second-order valence-electron chi connectivity index (χ2n) is 8.22. The SMILES string of the molecule is COc1ccc(-c2cnc(Nc3ccc(CCC(=O)OCC4CCNCC4)cc3)nc2)cc1. The summed E-state index contributed by atoms with van der Waals surface area (Å²) in [5.74, 6) is 1.71. The van der Waals surface area contributed by atoms with Gasteiger partial charge in [0.25, 0.3) is 0 Å². The molecule has 2 heterocycles. The molecule has 1 aliphatic rings. The molecule has 0 atom stereocenters. The van der Waals surface area contributed by atoms with Gasteiger partial charge in [-0.2, -0.15) is 0 Å². The third-order valence-corrected chi connectivity index (χ3v) is 5.84. The summed E-state index contributed by atoms with van der Waals surface area (Å²) in [7, 11) is 1.65. The van der Waals surface area contributed by atoms with Gasteiger partial charge in [-0.05, 0) is 73.7 Å². The van der Waals surface area contributed by atoms with Crippen LogP contribution in [0.2, 0.25) is 0 Å². The molecule has 33 heavy (non-hydrogen) atoms. The fraction of sp³-hybridized carbons (Fsp3) is 0.346. The summed E-state index contributed by atoms with van der Waals surface area (Å²) in [6.07, 6.45) is 6.80. The average Bonchev–Trinajstić information content (AvgIpc) is 2.88. The fourth-order valence-corrected chi connectivity index (χ4v) is 3.79. The highest BCUT2D eigenvalue weighted by atomic mass is 16.5. The van der Waals surface area contributed by atoms with E-state index in [1.807, 2.05) is 48.5 Å². The van der Waals surface area contributed by atoms with Crippen molar-refractivity contribution in [3.05, 3.63) is 66.5 Å². The molecule has 0 aliphatic carbocycles. The topological polar surface area (TPSA) is 85.4 Å². The highest BCUT2D eigenvalue weighted by Gasteiger charge is 2.15. The van der Waals surface area contributed by atoms with Gasteiger partial charge in [-0.25, -0.2) is 9.97 Å². The van der Waals surface area contributed by atoms with Gasteiger partial charge in [0.2, 0.25) is 5.95 Å². The first-order valence-corrected chi connectivity index (χ1v) is 11.4. The minimum atomic E-state index is -0.124. The van der Waals surface area contributed by atoms with Crippen LogP contribution in [0.4, 0.5) is 11.6 Å². The lowest BCUT2D eigenvalue weighted by molar-refractivity contribution is -0.145. The second kappa shape index (κ2) is 11.4. The first-order valence-electron chi connectivity index (χ1n) is 11.4. The first-order chi connectivity index (χ1) is 16.2. The molecule has 0 saturated carbocycles. The Morgan fingerprint density at radius 3 is 2.36 bits per heavy atom. The molecular formula is C26H30N4O3. The molecule has 0 amide bonds. The zero-order chi connectivity index (χ0) is 22.9. The van der Waals surface area contributed by atoms with Crippen molar-refractivity contribution >= 4 is 17.6 Å². The number of methoxy groups -OCH3 is 1. The number of nitrogens with zero attached hydrogens (tertiary/aromatic N) is 2. The number of hydrogen-bond donors (Lipinski definition) is 2. The smallest absolute Gasteiger partial charge is 0.306 e. The number of aromatic nitrogens is 2. The maximum atomic E-state index is 12.1. The molecule has 0 unspecified atom stereocenters. The van der Waals surface area contributed by atoms with Crippen LogP contribution >= 0.6 is 0 Å². The molecule has 7 nitrogen and oxygen atoms in total. The number of anilines is 2. The summed E-state index contributed by atoms with van der Waals surface area (Å²) in [5.41, 5.74) is 3.95. The Kier molecular flexibility index (Phi) is 7.87. The largest absolute Gasteiger partial charge is 0.497 e. The summed E-state index contributed by atoms with van der Waals surface area (Å²) < 4.78 is 10.7. The van der Waals surface area contributed by atoms with Crippen molar-refractivity contribution in [1.29, 1.82) is 0 Å². The van der Waals surface area contributed by atoms with E-state index in [-0.39, 0.29) is 5.97 Å². The van der Waals surface area contributed by atoms with Gasteiger partial charge in [-0.15, -0.1) is 0 Å². The number of esters is 1. The number of carbonyl (C=O) groups is 1. The Morgan fingerprint density at radius 2 is 1.70 bits per heavy atom. The van der Waals surface area contributed by atoms with Crippen LogP contribution < -0.4 is 15.4 Å². The van der Waals surface area contributed by atoms with Gasteiger partial charge in [0, 0.05) is 30.1 Å². The van der Waals surface area contributed by atoms with Gasteiger partial charge in [0.05, 0.1) is 13.7 Å². The zero-order valence-electron chi connectivity index (χ0n) is 18.9. The monoisotopic (exact) mass is 446 g/mol. The molecule has 7 heteroatoms. The molecule has 0 bridgehead atoms. The molecule has 3 aromatic rings. The molecule has 0 radical (unpaired) electrons. The van der Waals surface area contributed by atoms with Crippen LogP contribution in [0.5, 0.6) is 5.75 Å². The highest BCUT2D eigenvalue weighted by Crippen LogP contribution is 2.22. The van der Waals surface area contributed by atoms with Crippen LogP contribution in [0.3, 0.4) is 0 Å². The van der Waals surface area contributed by atoms with E-state index in [4.69, 9.17) is 9.47 Å². The molecule has 0 spiro atoms. The fourth-order valence-electron chi connectivity index (χ4n) is 3.79. The zero-order valence-corrected chi connectivity index (χ0v) is 18.9. The molecule has 1 aliphatic heterocycles. The van der Waals surface area contributed by atoms with Crippen molar-refractivity contribution in [2.24, 2.45) is 5.92 Å². The molecule has 1 saturated heterocycles. The van der Waals surface area contributed by atoms with Crippen LogP contribution in [0.1, 0.15) is 24.8 Å². The number of benzene rings is 2. The van der Waals surface area contributed by atoms with Crippen molar-refractivity contribution in [2.75, 3.05) is 32.1 Å². The van der Waals surface area contributed by atoms with E-state index in [9.17, 15) is 4.79 Å². The molecule has 4 rings (SSSR count). The van der Waals surface area contributed by atoms with Crippen LogP contribution in [0, 0.1) is 5.92 Å². The Bertz CT molecular complexity index is 1010. The predicted molar refractivity (Wildman–Crippen MR) is 129 cm³/mol. The van der Waals surface area contributed by atoms with E-state index in [0.29, 0.717) is 31.3 Å². The highest BCUT2D eigenvalue weighted by molar-refractivity contribution is 5.69. The van der Waals surface area contributed by atoms with E-state index >= 15 is 0 Å². The lowest BCUT2D eigenvalue weighted by Gasteiger charge is -2.22. The number of ether oxygens (including phenoxy) is 2. The van der Waals surface area contributed by atoms with Crippen molar-refractivity contribution in [1.82, 2.24) is 15.3 Å². The molecule has 2 N–H and O–H groups in total. The van der Waals surface area contributed by atoms with E-state index in [0.717, 1.165) is 54.1 Å². The number of aryl methyl sites for hydroxylation is 1. The van der Waals surface area contributed by atoms with E-state index in [1.165, 1.54) is 0 Å². The van der Waals surface area contributed by atoms with Gasteiger partial charge >= 0.3 is 5.97 Å². The minimum absolute atomic E-state index is 0.124. The summed E-state index contributed by atoms with van der Waals surface area (Å²) in [6, 6.07) is 15.7. The molecule has 2 aromatic carbocycles. The number of rotatable bonds is 9.